The molecule has 0 spiro atoms. The maximum Gasteiger partial charge on any atom is 0.295 e. The first-order valence-electron chi connectivity index (χ1n) is 18.4. The first-order valence-corrected chi connectivity index (χ1v) is 24.2. The molecule has 1 radical (unpaired) electrons. The molecule has 0 unspecified atom stereocenters. The van der Waals surface area contributed by atoms with Crippen LogP contribution in [0.25, 0.3) is 12.2 Å². The van der Waals surface area contributed by atoms with E-state index < -0.39 is 60.1 Å². The minimum Gasteiger partial charge on any atom is -0.395 e. The van der Waals surface area contributed by atoms with Crippen molar-refractivity contribution in [1.29, 1.82) is 0 Å². The number of nitrogens with one attached hydrogen (secondary N) is 6. The number of rotatable bonds is 20. The summed E-state index contributed by atoms with van der Waals surface area (Å²) in [5, 5.41) is 35.1. The minimum atomic E-state index is -4.98. The third-order valence-electron chi connectivity index (χ3n) is 8.37. The fourth-order valence-corrected chi connectivity index (χ4v) is 8.05. The second kappa shape index (κ2) is 21.7. The molecule has 12 N–H and O–H groups in total. The molecule has 6 aromatic rings. The molecule has 0 saturated heterocycles. The Hall–Kier alpha value is -6.00. The van der Waals surface area contributed by atoms with Gasteiger partial charge in [-0.25, -0.2) is 0 Å². The third kappa shape index (κ3) is 14.7. The molecule has 0 amide bonds. The van der Waals surface area contributed by atoms with Gasteiger partial charge >= 0.3 is 0 Å². The molecule has 0 saturated carbocycles. The Kier molecular flexibility index (Phi) is 16.9. The van der Waals surface area contributed by atoms with Crippen LogP contribution in [0.15, 0.2) is 105 Å². The van der Waals surface area contributed by atoms with E-state index in [1.54, 1.807) is 0 Å². The van der Waals surface area contributed by atoms with Gasteiger partial charge in [0.2, 0.25) is 35.7 Å². The molecule has 0 bridgehead atoms. The van der Waals surface area contributed by atoms with Crippen molar-refractivity contribution in [1.82, 2.24) is 29.9 Å². The summed E-state index contributed by atoms with van der Waals surface area (Å²) in [5.41, 5.74) is -0.00857. The maximum atomic E-state index is 12.6. The first kappa shape index (κ1) is 52.0. The van der Waals surface area contributed by atoms with Crippen molar-refractivity contribution in [3.63, 3.8) is 0 Å². The van der Waals surface area contributed by atoms with Crippen molar-refractivity contribution < 1.29 is 62.1 Å². The van der Waals surface area contributed by atoms with Crippen molar-refractivity contribution >= 4 is 141 Å². The molecule has 0 aliphatic carbocycles. The largest absolute Gasteiger partial charge is 0.395 e. The zero-order valence-corrected chi connectivity index (χ0v) is 39.6. The number of aliphatic hydroxyl groups is 2. The SMILES string of the molecule is O=S(=O)(O)c1cccc(Nc2nc(NCCO)nc(Nc3ccc(/C=C/c4ccc(Nc5nc(NCCO)nc(Nc6cccc(S(=O)(=O)O)c6)n5)cc4S(=O)(=O)O)c(S(=O)(=O)O)c3)n2)c1.[Na]. The van der Waals surface area contributed by atoms with Crippen LogP contribution in [0.4, 0.5) is 58.4 Å². The third-order valence-corrected chi connectivity index (χ3v) is 11.9. The molecule has 0 aliphatic rings. The number of aliphatic hydroxyl groups excluding tert-OH is 2. The van der Waals surface area contributed by atoms with Crippen molar-refractivity contribution in [2.45, 2.75) is 19.6 Å². The van der Waals surface area contributed by atoms with E-state index in [2.05, 4.69) is 61.8 Å². The van der Waals surface area contributed by atoms with Gasteiger partial charge < -0.3 is 42.1 Å². The van der Waals surface area contributed by atoms with Gasteiger partial charge in [0.1, 0.15) is 9.79 Å². The number of hydrogen-bond acceptors (Lipinski definition) is 22. The zero-order chi connectivity index (χ0) is 47.9. The topological polar surface area (TPSA) is 407 Å². The summed E-state index contributed by atoms with van der Waals surface area (Å²) in [4.78, 5) is 22.9. The molecule has 0 aliphatic heterocycles. The van der Waals surface area contributed by atoms with Gasteiger partial charge in [-0.1, -0.05) is 36.4 Å². The quantitative estimate of drug-likeness (QED) is 0.0297. The van der Waals surface area contributed by atoms with Crippen LogP contribution in [0.5, 0.6) is 0 Å². The monoisotopic (exact) mass is 1010 g/mol. The second-order valence-corrected chi connectivity index (χ2v) is 18.8. The number of anilines is 10. The van der Waals surface area contributed by atoms with E-state index in [0.29, 0.717) is 0 Å². The van der Waals surface area contributed by atoms with Crippen LogP contribution in [0.1, 0.15) is 11.1 Å². The van der Waals surface area contributed by atoms with Crippen molar-refractivity contribution in [3.05, 3.63) is 96.1 Å². The summed E-state index contributed by atoms with van der Waals surface area (Å²) in [5.74, 6) is -0.911. The Morgan fingerprint density at radius 1 is 0.418 bits per heavy atom. The van der Waals surface area contributed by atoms with Crippen molar-refractivity contribution in [2.75, 3.05) is 58.2 Å². The normalized spacial score (nSPS) is 12.0. The van der Waals surface area contributed by atoms with Gasteiger partial charge in [-0.3, -0.25) is 18.2 Å². The van der Waals surface area contributed by atoms with Gasteiger partial charge in [-0.15, -0.1) is 0 Å². The van der Waals surface area contributed by atoms with Crippen LogP contribution >= 0.6 is 0 Å². The van der Waals surface area contributed by atoms with E-state index >= 15 is 0 Å². The molecule has 2 aromatic heterocycles. The molecular formula is C36H36N12NaO14S4. The summed E-state index contributed by atoms with van der Waals surface area (Å²) >= 11 is 0. The molecule has 349 valence electrons. The smallest absolute Gasteiger partial charge is 0.295 e. The zero-order valence-electron chi connectivity index (χ0n) is 34.3. The second-order valence-electron chi connectivity index (χ2n) is 13.2. The van der Waals surface area contributed by atoms with Crippen LogP contribution in [0.3, 0.4) is 0 Å². The van der Waals surface area contributed by atoms with E-state index in [4.69, 9.17) is 0 Å². The Morgan fingerprint density at radius 2 is 0.731 bits per heavy atom. The first-order chi connectivity index (χ1) is 31.1. The van der Waals surface area contributed by atoms with E-state index in [9.17, 15) is 62.1 Å². The minimum absolute atomic E-state index is 0. The van der Waals surface area contributed by atoms with E-state index in [1.807, 2.05) is 0 Å². The van der Waals surface area contributed by atoms with Gasteiger partial charge in [-0.05, 0) is 71.8 Å². The molecule has 6 rings (SSSR count). The van der Waals surface area contributed by atoms with Gasteiger partial charge in [0.25, 0.3) is 40.5 Å². The maximum absolute atomic E-state index is 12.6. The fraction of sp³-hybridized carbons (Fsp3) is 0.111. The summed E-state index contributed by atoms with van der Waals surface area (Å²) < 4.78 is 136. The summed E-state index contributed by atoms with van der Waals surface area (Å²) in [6.45, 7) is -0.641. The molecule has 67 heavy (non-hydrogen) atoms. The number of hydrogen-bond donors (Lipinski definition) is 12. The molecule has 0 atom stereocenters. The average molecular weight is 1010 g/mol. The van der Waals surface area contributed by atoms with Crippen LogP contribution in [-0.2, 0) is 40.5 Å². The Bertz CT molecular complexity index is 3070. The van der Waals surface area contributed by atoms with Gasteiger partial charge in [0, 0.05) is 65.4 Å². The summed E-state index contributed by atoms with van der Waals surface area (Å²) in [6.07, 6.45) is 2.29. The van der Waals surface area contributed by atoms with E-state index in [-0.39, 0.29) is 125 Å². The van der Waals surface area contributed by atoms with Crippen molar-refractivity contribution in [2.24, 2.45) is 0 Å². The van der Waals surface area contributed by atoms with Gasteiger partial charge in [-0.2, -0.15) is 63.6 Å². The Labute approximate surface area is 403 Å². The number of aromatic nitrogens is 6. The van der Waals surface area contributed by atoms with Crippen molar-refractivity contribution in [3.8, 4) is 0 Å². The Balaban J connectivity index is 0.00000840. The molecule has 26 nitrogen and oxygen atoms in total. The van der Waals surface area contributed by atoms with E-state index in [1.165, 1.54) is 48.5 Å². The van der Waals surface area contributed by atoms with Crippen LogP contribution in [0, 0.1) is 0 Å². The predicted molar refractivity (Wildman–Crippen MR) is 244 cm³/mol. The Morgan fingerprint density at radius 3 is 1.03 bits per heavy atom. The molecular weight excluding hydrogens is 976 g/mol. The summed E-state index contributed by atoms with van der Waals surface area (Å²) in [6, 6.07) is 17.3. The average Bonchev–Trinajstić information content (AvgIpc) is 3.23. The molecule has 2 heterocycles. The number of nitrogens with zero attached hydrogens (tertiary/aromatic N) is 6. The molecule has 4 aromatic carbocycles. The fourth-order valence-electron chi connectivity index (χ4n) is 5.58. The van der Waals surface area contributed by atoms with Crippen LogP contribution < -0.4 is 31.9 Å². The predicted octanol–water partition coefficient (Wildman–Crippen LogP) is 2.62. The van der Waals surface area contributed by atoms with Gasteiger partial charge in [0.15, 0.2) is 0 Å². The van der Waals surface area contributed by atoms with Crippen LogP contribution in [0.2, 0.25) is 0 Å². The van der Waals surface area contributed by atoms with Gasteiger partial charge in [0.05, 0.1) is 23.0 Å². The molecule has 31 heteroatoms. The van der Waals surface area contributed by atoms with E-state index in [0.717, 1.165) is 48.6 Å². The number of benzene rings is 4. The van der Waals surface area contributed by atoms with Crippen LogP contribution in [-0.4, -0.2) is 148 Å². The molecule has 0 fully saturated rings. The standard InChI is InChI=1S/C36H36N12O14S4.Na/c49-15-13-37-31-43-33(39-23-3-1-5-27(17-23)63(51,52)53)47-35(45-31)41-25-11-9-21(29(19-25)65(57,58)59)7-8-22-10-12-26(20-30(22)66(60,61)62)42-36-46-32(38-14-16-50)44-34(48-36)40-24-4-2-6-28(18-24)64(54,55)56;/h1-12,17-20,49-50H,13-16H2,(H,51,52,53)(H,54,55,56)(H,57,58,59)(H,60,61,62)(H3,37,39,41,43,45,47)(H3,38,40,42,44,46,48);/b8-7+;. The summed E-state index contributed by atoms with van der Waals surface area (Å²) in [7, 11) is -19.1.